The minimum atomic E-state index is 0.0663. The van der Waals surface area contributed by atoms with Crippen LogP contribution in [0.3, 0.4) is 0 Å². The van der Waals surface area contributed by atoms with E-state index >= 15 is 0 Å². The highest BCUT2D eigenvalue weighted by Crippen LogP contribution is 2.33. The summed E-state index contributed by atoms with van der Waals surface area (Å²) in [5.74, 6) is 0.907. The molecule has 82 valence electrons. The van der Waals surface area contributed by atoms with Gasteiger partial charge in [-0.1, -0.05) is 12.8 Å². The Kier molecular flexibility index (Phi) is 3.26. The molecule has 2 rings (SSSR count). The molecule has 0 saturated heterocycles. The van der Waals surface area contributed by atoms with E-state index in [4.69, 9.17) is 5.73 Å². The van der Waals surface area contributed by atoms with Crippen LogP contribution in [0.4, 0.5) is 5.82 Å². The van der Waals surface area contributed by atoms with Gasteiger partial charge in [-0.05, 0) is 40.9 Å². The molecule has 3 N–H and O–H groups in total. The fourth-order valence-corrected chi connectivity index (χ4v) is 2.51. The van der Waals surface area contributed by atoms with Crippen molar-refractivity contribution >= 4 is 21.7 Å². The molecule has 4 heteroatoms. The summed E-state index contributed by atoms with van der Waals surface area (Å²) < 4.78 is 1.00. The molecule has 1 aromatic heterocycles. The van der Waals surface area contributed by atoms with Crippen LogP contribution in [-0.2, 0) is 0 Å². The molecule has 3 nitrogen and oxygen atoms in total. The van der Waals surface area contributed by atoms with E-state index in [0.717, 1.165) is 23.1 Å². The zero-order chi connectivity index (χ0) is 10.7. The normalized spacial score (nSPS) is 19.1. The Morgan fingerprint density at radius 3 is 2.80 bits per heavy atom. The first-order valence-electron chi connectivity index (χ1n) is 5.35. The molecule has 0 radical (unpaired) electrons. The van der Waals surface area contributed by atoms with Crippen LogP contribution in [0.2, 0.25) is 0 Å². The smallest absolute Gasteiger partial charge is 0.140 e. The van der Waals surface area contributed by atoms with Gasteiger partial charge in [0.15, 0.2) is 0 Å². The Labute approximate surface area is 98.6 Å². The van der Waals surface area contributed by atoms with Crippen molar-refractivity contribution in [1.82, 2.24) is 4.98 Å². The molecule has 0 aromatic carbocycles. The lowest BCUT2D eigenvalue weighted by Gasteiger charge is -2.29. The van der Waals surface area contributed by atoms with Gasteiger partial charge in [0.1, 0.15) is 5.82 Å². The zero-order valence-corrected chi connectivity index (χ0v) is 10.3. The average molecular weight is 270 g/mol. The molecule has 0 atom stereocenters. The molecule has 1 aromatic rings. The van der Waals surface area contributed by atoms with E-state index in [-0.39, 0.29) is 5.54 Å². The number of aromatic nitrogens is 1. The van der Waals surface area contributed by atoms with Gasteiger partial charge in [-0.2, -0.15) is 0 Å². The average Bonchev–Trinajstić information content (AvgIpc) is 2.71. The van der Waals surface area contributed by atoms with Crippen LogP contribution in [0.5, 0.6) is 0 Å². The van der Waals surface area contributed by atoms with Crippen molar-refractivity contribution in [1.29, 1.82) is 0 Å². The maximum Gasteiger partial charge on any atom is 0.140 e. The van der Waals surface area contributed by atoms with E-state index in [1.165, 1.54) is 12.8 Å². The van der Waals surface area contributed by atoms with Gasteiger partial charge in [0, 0.05) is 12.7 Å². The number of nitrogens with one attached hydrogen (secondary N) is 1. The van der Waals surface area contributed by atoms with Crippen molar-refractivity contribution < 1.29 is 0 Å². The molecular weight excluding hydrogens is 254 g/mol. The van der Waals surface area contributed by atoms with E-state index in [9.17, 15) is 0 Å². The Hall–Kier alpha value is -0.610. The Balaban J connectivity index is 2.16. The summed E-state index contributed by atoms with van der Waals surface area (Å²) in [4.78, 5) is 4.32. The molecule has 0 spiro atoms. The summed E-state index contributed by atoms with van der Waals surface area (Å²) in [6.45, 7) is 0.677. The van der Waals surface area contributed by atoms with Crippen molar-refractivity contribution in [2.24, 2.45) is 5.73 Å². The number of pyridine rings is 1. The number of anilines is 1. The summed E-state index contributed by atoms with van der Waals surface area (Å²) in [6.07, 6.45) is 6.61. The van der Waals surface area contributed by atoms with Crippen molar-refractivity contribution in [2.75, 3.05) is 11.9 Å². The second-order valence-electron chi connectivity index (χ2n) is 4.15. The lowest BCUT2D eigenvalue weighted by Crippen LogP contribution is -2.43. The third kappa shape index (κ3) is 2.32. The van der Waals surface area contributed by atoms with Gasteiger partial charge in [-0.3, -0.25) is 0 Å². The molecule has 15 heavy (non-hydrogen) atoms. The van der Waals surface area contributed by atoms with Crippen LogP contribution in [0.25, 0.3) is 0 Å². The number of hydrogen-bond acceptors (Lipinski definition) is 3. The van der Waals surface area contributed by atoms with Gasteiger partial charge in [0.25, 0.3) is 0 Å². The number of nitrogens with two attached hydrogens (primary N) is 1. The highest BCUT2D eigenvalue weighted by Gasteiger charge is 2.32. The zero-order valence-electron chi connectivity index (χ0n) is 8.67. The summed E-state index contributed by atoms with van der Waals surface area (Å²) >= 11 is 3.49. The number of rotatable bonds is 3. The van der Waals surface area contributed by atoms with Crippen LogP contribution in [0.15, 0.2) is 22.8 Å². The number of halogens is 1. The van der Waals surface area contributed by atoms with Crippen LogP contribution in [0, 0.1) is 0 Å². The van der Waals surface area contributed by atoms with Crippen molar-refractivity contribution in [3.05, 3.63) is 22.8 Å². The van der Waals surface area contributed by atoms with Crippen molar-refractivity contribution in [3.63, 3.8) is 0 Å². The van der Waals surface area contributed by atoms with Crippen LogP contribution in [-0.4, -0.2) is 17.1 Å². The van der Waals surface area contributed by atoms with Crippen molar-refractivity contribution in [2.45, 2.75) is 31.2 Å². The Bertz CT molecular complexity index is 334. The maximum absolute atomic E-state index is 5.86. The molecule has 1 aliphatic rings. The van der Waals surface area contributed by atoms with E-state index in [0.29, 0.717) is 6.54 Å². The van der Waals surface area contributed by atoms with Gasteiger partial charge < -0.3 is 11.1 Å². The predicted octanol–water partition coefficient (Wildman–Crippen LogP) is 2.53. The largest absolute Gasteiger partial charge is 0.362 e. The molecule has 0 unspecified atom stereocenters. The van der Waals surface area contributed by atoms with Gasteiger partial charge in [-0.25, -0.2) is 4.98 Å². The summed E-state index contributed by atoms with van der Waals surface area (Å²) in [7, 11) is 0. The summed E-state index contributed by atoms with van der Waals surface area (Å²) in [5.41, 5.74) is 5.93. The number of hydrogen-bond donors (Lipinski definition) is 2. The molecular formula is C11H16BrN3. The Morgan fingerprint density at radius 1 is 1.47 bits per heavy atom. The first-order chi connectivity index (χ1) is 7.26. The van der Waals surface area contributed by atoms with Crippen molar-refractivity contribution in [3.8, 4) is 0 Å². The second-order valence-corrected chi connectivity index (χ2v) is 5.00. The van der Waals surface area contributed by atoms with E-state index in [1.807, 2.05) is 12.1 Å². The van der Waals surface area contributed by atoms with Crippen LogP contribution < -0.4 is 11.1 Å². The summed E-state index contributed by atoms with van der Waals surface area (Å²) in [6, 6.07) is 3.91. The minimum absolute atomic E-state index is 0.0663. The molecule has 1 heterocycles. The first kappa shape index (κ1) is 10.9. The fourth-order valence-electron chi connectivity index (χ4n) is 2.16. The highest BCUT2D eigenvalue weighted by molar-refractivity contribution is 9.10. The molecule has 1 fully saturated rings. The van der Waals surface area contributed by atoms with Crippen LogP contribution >= 0.6 is 15.9 Å². The molecule has 0 amide bonds. The summed E-state index contributed by atoms with van der Waals surface area (Å²) in [5, 5.41) is 3.49. The third-order valence-electron chi connectivity index (χ3n) is 3.09. The highest BCUT2D eigenvalue weighted by atomic mass is 79.9. The van der Waals surface area contributed by atoms with E-state index < -0.39 is 0 Å². The predicted molar refractivity (Wildman–Crippen MR) is 65.8 cm³/mol. The molecule has 1 saturated carbocycles. The van der Waals surface area contributed by atoms with Gasteiger partial charge in [0.2, 0.25) is 0 Å². The topological polar surface area (TPSA) is 50.9 Å². The minimum Gasteiger partial charge on any atom is -0.362 e. The SMILES string of the molecule is NCC1(Nc2ncccc2Br)CCCC1. The maximum atomic E-state index is 5.86. The lowest BCUT2D eigenvalue weighted by atomic mass is 9.98. The molecule has 0 aliphatic heterocycles. The number of nitrogens with zero attached hydrogens (tertiary/aromatic N) is 1. The fraction of sp³-hybridized carbons (Fsp3) is 0.545. The third-order valence-corrected chi connectivity index (χ3v) is 3.73. The van der Waals surface area contributed by atoms with Gasteiger partial charge in [0.05, 0.1) is 10.0 Å². The standard InChI is InChI=1S/C11H16BrN3/c12-9-4-3-7-14-10(9)15-11(8-13)5-1-2-6-11/h3-4,7H,1-2,5-6,8,13H2,(H,14,15). The molecule has 1 aliphatic carbocycles. The molecule has 0 bridgehead atoms. The monoisotopic (exact) mass is 269 g/mol. The Morgan fingerprint density at radius 2 is 2.20 bits per heavy atom. The van der Waals surface area contributed by atoms with E-state index in [1.54, 1.807) is 6.20 Å². The first-order valence-corrected chi connectivity index (χ1v) is 6.14. The quantitative estimate of drug-likeness (QED) is 0.887. The van der Waals surface area contributed by atoms with E-state index in [2.05, 4.69) is 26.2 Å². The van der Waals surface area contributed by atoms with Crippen LogP contribution in [0.1, 0.15) is 25.7 Å². The van der Waals surface area contributed by atoms with Gasteiger partial charge >= 0.3 is 0 Å². The lowest BCUT2D eigenvalue weighted by molar-refractivity contribution is 0.491. The second kappa shape index (κ2) is 4.49. The van der Waals surface area contributed by atoms with Gasteiger partial charge in [-0.15, -0.1) is 0 Å².